The van der Waals surface area contributed by atoms with E-state index in [-0.39, 0.29) is 0 Å². The zero-order chi connectivity index (χ0) is 14.7. The van der Waals surface area contributed by atoms with E-state index in [0.717, 1.165) is 34.5 Å². The Morgan fingerprint density at radius 1 is 1.19 bits per heavy atom. The van der Waals surface area contributed by atoms with E-state index in [4.69, 9.17) is 4.42 Å². The number of hydrogen-bond acceptors (Lipinski definition) is 5. The number of furan rings is 1. The van der Waals surface area contributed by atoms with Crippen molar-refractivity contribution in [2.45, 2.75) is 18.5 Å². The van der Waals surface area contributed by atoms with Gasteiger partial charge in [0.15, 0.2) is 11.0 Å². The van der Waals surface area contributed by atoms with Gasteiger partial charge in [-0.15, -0.1) is 10.2 Å². The van der Waals surface area contributed by atoms with Gasteiger partial charge in [0.05, 0.1) is 11.8 Å². The Hall–Kier alpha value is -2.08. The van der Waals surface area contributed by atoms with Crippen molar-refractivity contribution in [3.63, 3.8) is 0 Å². The van der Waals surface area contributed by atoms with E-state index < -0.39 is 0 Å². The maximum absolute atomic E-state index is 5.33. The molecule has 0 saturated carbocycles. The summed E-state index contributed by atoms with van der Waals surface area (Å²) < 4.78 is 7.34. The van der Waals surface area contributed by atoms with Crippen LogP contribution in [0.15, 0.2) is 46.4 Å². The van der Waals surface area contributed by atoms with Crippen LogP contribution >= 0.6 is 11.8 Å². The van der Waals surface area contributed by atoms with Crippen LogP contribution in [0.1, 0.15) is 11.3 Å². The van der Waals surface area contributed by atoms with Gasteiger partial charge in [0, 0.05) is 25.2 Å². The first-order valence-electron chi connectivity index (χ1n) is 6.71. The standard InChI is InChI=1S/C15H16N4OS/c1-11-13(5-9-20-11)14-17-18-15(19(14)2)21-10-6-12-3-7-16-8-4-12/h3-5,7-9H,6,10H2,1-2H3. The van der Waals surface area contributed by atoms with Crippen LogP contribution in [0.25, 0.3) is 11.4 Å². The van der Waals surface area contributed by atoms with E-state index >= 15 is 0 Å². The molecule has 0 aliphatic rings. The third-order valence-corrected chi connectivity index (χ3v) is 4.33. The Kier molecular flexibility index (Phi) is 4.06. The topological polar surface area (TPSA) is 56.7 Å². The van der Waals surface area contributed by atoms with Gasteiger partial charge in [-0.2, -0.15) is 0 Å². The van der Waals surface area contributed by atoms with E-state index in [1.165, 1.54) is 5.56 Å². The summed E-state index contributed by atoms with van der Waals surface area (Å²) in [4.78, 5) is 4.02. The molecule has 21 heavy (non-hydrogen) atoms. The monoisotopic (exact) mass is 300 g/mol. The van der Waals surface area contributed by atoms with Crippen LogP contribution in [0.4, 0.5) is 0 Å². The fourth-order valence-corrected chi connectivity index (χ4v) is 3.00. The van der Waals surface area contributed by atoms with Gasteiger partial charge in [-0.3, -0.25) is 4.98 Å². The van der Waals surface area contributed by atoms with Crippen LogP contribution in [0, 0.1) is 6.92 Å². The van der Waals surface area contributed by atoms with Crippen molar-refractivity contribution in [3.05, 3.63) is 48.2 Å². The predicted molar refractivity (Wildman–Crippen MR) is 82.1 cm³/mol. The van der Waals surface area contributed by atoms with Gasteiger partial charge in [0.2, 0.25) is 0 Å². The van der Waals surface area contributed by atoms with Crippen LogP contribution < -0.4 is 0 Å². The second kappa shape index (κ2) is 6.13. The fraction of sp³-hybridized carbons (Fsp3) is 0.267. The third kappa shape index (κ3) is 3.00. The highest BCUT2D eigenvalue weighted by Gasteiger charge is 2.14. The highest BCUT2D eigenvalue weighted by Crippen LogP contribution is 2.26. The number of rotatable bonds is 5. The number of aryl methyl sites for hydroxylation is 2. The summed E-state index contributed by atoms with van der Waals surface area (Å²) in [5, 5.41) is 9.45. The molecule has 3 heterocycles. The van der Waals surface area contributed by atoms with Gasteiger partial charge in [-0.25, -0.2) is 0 Å². The van der Waals surface area contributed by atoms with Crippen molar-refractivity contribution in [2.24, 2.45) is 7.05 Å². The summed E-state index contributed by atoms with van der Waals surface area (Å²) in [6.45, 7) is 1.93. The highest BCUT2D eigenvalue weighted by molar-refractivity contribution is 7.99. The zero-order valence-corrected chi connectivity index (χ0v) is 12.8. The summed E-state index contributed by atoms with van der Waals surface area (Å²) in [5.41, 5.74) is 2.27. The summed E-state index contributed by atoms with van der Waals surface area (Å²) in [6.07, 6.45) is 6.31. The van der Waals surface area contributed by atoms with Crippen molar-refractivity contribution < 1.29 is 4.42 Å². The van der Waals surface area contributed by atoms with Gasteiger partial charge < -0.3 is 8.98 Å². The fourth-order valence-electron chi connectivity index (χ4n) is 2.10. The minimum absolute atomic E-state index is 0.840. The van der Waals surface area contributed by atoms with E-state index in [1.807, 2.05) is 49.1 Å². The molecule has 0 unspecified atom stereocenters. The number of hydrogen-bond donors (Lipinski definition) is 0. The van der Waals surface area contributed by atoms with E-state index in [2.05, 4.69) is 15.2 Å². The maximum Gasteiger partial charge on any atom is 0.191 e. The predicted octanol–water partition coefficient (Wildman–Crippen LogP) is 3.11. The lowest BCUT2D eigenvalue weighted by Crippen LogP contribution is -1.96. The average molecular weight is 300 g/mol. The highest BCUT2D eigenvalue weighted by atomic mass is 32.2. The molecule has 5 nitrogen and oxygen atoms in total. The van der Waals surface area contributed by atoms with E-state index in [9.17, 15) is 0 Å². The molecule has 0 radical (unpaired) electrons. The molecular weight excluding hydrogens is 284 g/mol. The quantitative estimate of drug-likeness (QED) is 0.678. The SMILES string of the molecule is Cc1occc1-c1nnc(SCCc2ccncc2)n1C. The molecule has 3 aromatic rings. The van der Waals surface area contributed by atoms with Gasteiger partial charge in [-0.05, 0) is 37.1 Å². The number of nitrogens with zero attached hydrogens (tertiary/aromatic N) is 4. The first kappa shape index (κ1) is 13.9. The minimum Gasteiger partial charge on any atom is -0.469 e. The zero-order valence-electron chi connectivity index (χ0n) is 12.0. The largest absolute Gasteiger partial charge is 0.469 e. The maximum atomic E-state index is 5.33. The van der Waals surface area contributed by atoms with Crippen LogP contribution in [-0.4, -0.2) is 25.5 Å². The lowest BCUT2D eigenvalue weighted by atomic mass is 10.2. The number of pyridine rings is 1. The summed E-state index contributed by atoms with van der Waals surface area (Å²) in [5.74, 6) is 2.66. The molecule has 3 rings (SSSR count). The van der Waals surface area contributed by atoms with Gasteiger partial charge in [-0.1, -0.05) is 11.8 Å². The van der Waals surface area contributed by atoms with Crippen molar-refractivity contribution in [2.75, 3.05) is 5.75 Å². The van der Waals surface area contributed by atoms with Crippen molar-refractivity contribution >= 4 is 11.8 Å². The number of thioether (sulfide) groups is 1. The van der Waals surface area contributed by atoms with E-state index in [0.29, 0.717) is 0 Å². The molecule has 0 aliphatic carbocycles. The summed E-state index contributed by atoms with van der Waals surface area (Å²) >= 11 is 1.70. The second-order valence-electron chi connectivity index (χ2n) is 4.71. The molecule has 0 bridgehead atoms. The van der Waals surface area contributed by atoms with Gasteiger partial charge in [0.25, 0.3) is 0 Å². The first-order chi connectivity index (χ1) is 10.3. The normalized spacial score (nSPS) is 11.0. The molecule has 0 aromatic carbocycles. The molecule has 0 aliphatic heterocycles. The lowest BCUT2D eigenvalue weighted by Gasteiger charge is -2.03. The summed E-state index contributed by atoms with van der Waals surface area (Å²) in [6, 6.07) is 6.00. The molecule has 3 aromatic heterocycles. The first-order valence-corrected chi connectivity index (χ1v) is 7.70. The smallest absolute Gasteiger partial charge is 0.191 e. The Morgan fingerprint density at radius 3 is 2.71 bits per heavy atom. The number of aromatic nitrogens is 4. The molecule has 0 atom stereocenters. The van der Waals surface area contributed by atoms with Crippen LogP contribution in [0.2, 0.25) is 0 Å². The Bertz CT molecular complexity index is 720. The second-order valence-corrected chi connectivity index (χ2v) is 5.77. The molecule has 0 spiro atoms. The molecule has 0 fully saturated rings. The minimum atomic E-state index is 0.840. The van der Waals surface area contributed by atoms with Gasteiger partial charge >= 0.3 is 0 Å². The lowest BCUT2D eigenvalue weighted by molar-refractivity contribution is 0.534. The van der Waals surface area contributed by atoms with Crippen LogP contribution in [-0.2, 0) is 13.5 Å². The average Bonchev–Trinajstić information content (AvgIpc) is 3.07. The molecular formula is C15H16N4OS. The van der Waals surface area contributed by atoms with E-state index in [1.54, 1.807) is 18.0 Å². The molecule has 0 saturated heterocycles. The Morgan fingerprint density at radius 2 is 2.00 bits per heavy atom. The Labute approximate surface area is 127 Å². The molecule has 108 valence electrons. The van der Waals surface area contributed by atoms with Crippen molar-refractivity contribution in [1.82, 2.24) is 19.7 Å². The molecule has 6 heteroatoms. The third-order valence-electron chi connectivity index (χ3n) is 3.31. The molecule has 0 N–H and O–H groups in total. The summed E-state index contributed by atoms with van der Waals surface area (Å²) in [7, 11) is 1.98. The molecule has 0 amide bonds. The van der Waals surface area contributed by atoms with Gasteiger partial charge in [0.1, 0.15) is 5.76 Å². The van der Waals surface area contributed by atoms with Crippen molar-refractivity contribution in [3.8, 4) is 11.4 Å². The van der Waals surface area contributed by atoms with Crippen LogP contribution in [0.5, 0.6) is 0 Å². The van der Waals surface area contributed by atoms with Crippen LogP contribution in [0.3, 0.4) is 0 Å². The Balaban J connectivity index is 1.67. The van der Waals surface area contributed by atoms with Crippen molar-refractivity contribution in [1.29, 1.82) is 0 Å².